The number of rotatable bonds is 3. The van der Waals surface area contributed by atoms with Gasteiger partial charge in [-0.2, -0.15) is 0 Å². The molecule has 0 aliphatic carbocycles. The molecule has 0 unspecified atom stereocenters. The maximum atomic E-state index is 12.1. The van der Waals surface area contributed by atoms with E-state index in [1.165, 1.54) is 0 Å². The molecule has 0 atom stereocenters. The van der Waals surface area contributed by atoms with Crippen LogP contribution in [-0.4, -0.2) is 27.9 Å². The molecule has 1 amide bonds. The van der Waals surface area contributed by atoms with Crippen LogP contribution in [-0.2, 0) is 6.54 Å². The zero-order valence-electron chi connectivity index (χ0n) is 10.1. The Labute approximate surface area is 106 Å². The van der Waals surface area contributed by atoms with Crippen LogP contribution < -0.4 is 0 Å². The van der Waals surface area contributed by atoms with Crippen molar-refractivity contribution < 1.29 is 9.90 Å². The van der Waals surface area contributed by atoms with E-state index in [4.69, 9.17) is 0 Å². The molecule has 92 valence electrons. The SMILES string of the molecule is CN(Cc1ccc(O)cc1)C(=O)c1ccncc1. The number of carbonyl (C=O) groups is 1. The Bertz CT molecular complexity index is 523. The van der Waals surface area contributed by atoms with E-state index < -0.39 is 0 Å². The summed E-state index contributed by atoms with van der Waals surface area (Å²) in [5, 5.41) is 9.19. The number of carbonyl (C=O) groups excluding carboxylic acids is 1. The highest BCUT2D eigenvalue weighted by atomic mass is 16.3. The summed E-state index contributed by atoms with van der Waals surface area (Å²) >= 11 is 0. The monoisotopic (exact) mass is 242 g/mol. The lowest BCUT2D eigenvalue weighted by Crippen LogP contribution is -2.26. The fourth-order valence-electron chi connectivity index (χ4n) is 1.66. The lowest BCUT2D eigenvalue weighted by atomic mass is 10.2. The highest BCUT2D eigenvalue weighted by Crippen LogP contribution is 2.12. The standard InChI is InChI=1S/C14H14N2O2/c1-16(10-11-2-4-13(17)5-3-11)14(18)12-6-8-15-9-7-12/h2-9,17H,10H2,1H3. The summed E-state index contributed by atoms with van der Waals surface area (Å²) in [6.07, 6.45) is 3.20. The van der Waals surface area contributed by atoms with Gasteiger partial charge >= 0.3 is 0 Å². The minimum atomic E-state index is -0.0505. The molecule has 0 aliphatic heterocycles. The third-order valence-electron chi connectivity index (χ3n) is 2.63. The maximum Gasteiger partial charge on any atom is 0.254 e. The minimum Gasteiger partial charge on any atom is -0.508 e. The fourth-order valence-corrected chi connectivity index (χ4v) is 1.66. The number of phenols is 1. The number of amides is 1. The molecule has 0 saturated carbocycles. The first-order valence-corrected chi connectivity index (χ1v) is 5.60. The van der Waals surface area contributed by atoms with Crippen LogP contribution in [0.2, 0.25) is 0 Å². The first-order valence-electron chi connectivity index (χ1n) is 5.60. The van der Waals surface area contributed by atoms with Crippen LogP contribution in [0, 0.1) is 0 Å². The highest BCUT2D eigenvalue weighted by molar-refractivity contribution is 5.93. The highest BCUT2D eigenvalue weighted by Gasteiger charge is 2.11. The molecule has 1 heterocycles. The van der Waals surface area contributed by atoms with Crippen molar-refractivity contribution in [1.82, 2.24) is 9.88 Å². The molecule has 0 fully saturated rings. The van der Waals surface area contributed by atoms with Gasteiger partial charge in [0.1, 0.15) is 5.75 Å². The van der Waals surface area contributed by atoms with E-state index in [-0.39, 0.29) is 11.7 Å². The summed E-state index contributed by atoms with van der Waals surface area (Å²) in [6.45, 7) is 0.501. The predicted molar refractivity (Wildman–Crippen MR) is 68.1 cm³/mol. The Balaban J connectivity index is 2.06. The Hall–Kier alpha value is -2.36. The number of pyridine rings is 1. The summed E-state index contributed by atoms with van der Waals surface area (Å²) < 4.78 is 0. The molecule has 0 saturated heterocycles. The van der Waals surface area contributed by atoms with Crippen molar-refractivity contribution in [2.75, 3.05) is 7.05 Å². The van der Waals surface area contributed by atoms with Crippen molar-refractivity contribution >= 4 is 5.91 Å². The van der Waals surface area contributed by atoms with Crippen molar-refractivity contribution in [2.24, 2.45) is 0 Å². The van der Waals surface area contributed by atoms with Gasteiger partial charge in [-0.25, -0.2) is 0 Å². The van der Waals surface area contributed by atoms with Crippen molar-refractivity contribution in [2.45, 2.75) is 6.54 Å². The Morgan fingerprint density at radius 2 is 1.78 bits per heavy atom. The molecule has 4 nitrogen and oxygen atoms in total. The molecule has 0 bridgehead atoms. The van der Waals surface area contributed by atoms with Gasteiger partial charge in [0.05, 0.1) is 0 Å². The van der Waals surface area contributed by atoms with Gasteiger partial charge in [0.25, 0.3) is 5.91 Å². The molecule has 1 aromatic carbocycles. The van der Waals surface area contributed by atoms with Crippen molar-refractivity contribution in [3.8, 4) is 5.75 Å². The van der Waals surface area contributed by atoms with E-state index in [0.717, 1.165) is 5.56 Å². The first-order chi connectivity index (χ1) is 8.66. The molecular weight excluding hydrogens is 228 g/mol. The maximum absolute atomic E-state index is 12.1. The van der Waals surface area contributed by atoms with Crippen LogP contribution >= 0.6 is 0 Å². The number of nitrogens with zero attached hydrogens (tertiary/aromatic N) is 2. The molecule has 2 rings (SSSR count). The number of aromatic hydroxyl groups is 1. The molecule has 0 aliphatic rings. The van der Waals surface area contributed by atoms with Gasteiger partial charge in [0.15, 0.2) is 0 Å². The van der Waals surface area contributed by atoms with Gasteiger partial charge in [-0.1, -0.05) is 12.1 Å². The fraction of sp³-hybridized carbons (Fsp3) is 0.143. The van der Waals surface area contributed by atoms with E-state index in [1.807, 2.05) is 0 Å². The van der Waals surface area contributed by atoms with Gasteiger partial charge in [0.2, 0.25) is 0 Å². The van der Waals surface area contributed by atoms with Crippen LogP contribution in [0.15, 0.2) is 48.8 Å². The Morgan fingerprint density at radius 3 is 2.39 bits per heavy atom. The Kier molecular flexibility index (Phi) is 3.57. The summed E-state index contributed by atoms with van der Waals surface area (Å²) in [7, 11) is 1.75. The van der Waals surface area contributed by atoms with Crippen LogP contribution in [0.1, 0.15) is 15.9 Å². The van der Waals surface area contributed by atoms with E-state index in [2.05, 4.69) is 4.98 Å². The quantitative estimate of drug-likeness (QED) is 0.896. The molecule has 1 N–H and O–H groups in total. The summed E-state index contributed by atoms with van der Waals surface area (Å²) in [5.74, 6) is 0.173. The van der Waals surface area contributed by atoms with Crippen molar-refractivity contribution in [1.29, 1.82) is 0 Å². The molecule has 18 heavy (non-hydrogen) atoms. The van der Waals surface area contributed by atoms with E-state index in [0.29, 0.717) is 12.1 Å². The predicted octanol–water partition coefficient (Wildman–Crippen LogP) is 2.06. The number of phenolic OH excluding ortho intramolecular Hbond substituents is 1. The molecule has 2 aromatic rings. The van der Waals surface area contributed by atoms with E-state index in [9.17, 15) is 9.90 Å². The molecule has 0 spiro atoms. The second kappa shape index (κ2) is 5.31. The summed E-state index contributed by atoms with van der Waals surface area (Å²) in [6, 6.07) is 10.2. The molecular formula is C14H14N2O2. The van der Waals surface area contributed by atoms with Crippen molar-refractivity contribution in [3.63, 3.8) is 0 Å². The topological polar surface area (TPSA) is 53.4 Å². The Morgan fingerprint density at radius 1 is 1.17 bits per heavy atom. The largest absolute Gasteiger partial charge is 0.508 e. The van der Waals surface area contributed by atoms with Gasteiger partial charge in [-0.3, -0.25) is 9.78 Å². The zero-order valence-corrected chi connectivity index (χ0v) is 10.1. The van der Waals surface area contributed by atoms with Crippen LogP contribution in [0.5, 0.6) is 5.75 Å². The van der Waals surface area contributed by atoms with Gasteiger partial charge in [-0.15, -0.1) is 0 Å². The minimum absolute atomic E-state index is 0.0505. The van der Waals surface area contributed by atoms with Gasteiger partial charge in [-0.05, 0) is 29.8 Å². The van der Waals surface area contributed by atoms with E-state index in [1.54, 1.807) is 60.7 Å². The van der Waals surface area contributed by atoms with Gasteiger partial charge in [0, 0.05) is 31.5 Å². The summed E-state index contributed by atoms with van der Waals surface area (Å²) in [5.41, 5.74) is 1.59. The van der Waals surface area contributed by atoms with Crippen molar-refractivity contribution in [3.05, 3.63) is 59.9 Å². The number of hydrogen-bond acceptors (Lipinski definition) is 3. The number of aromatic nitrogens is 1. The van der Waals surface area contributed by atoms with Crippen LogP contribution in [0.25, 0.3) is 0 Å². The second-order valence-electron chi connectivity index (χ2n) is 4.06. The average molecular weight is 242 g/mol. The van der Waals surface area contributed by atoms with E-state index >= 15 is 0 Å². The lowest BCUT2D eigenvalue weighted by molar-refractivity contribution is 0.0785. The van der Waals surface area contributed by atoms with Gasteiger partial charge < -0.3 is 10.0 Å². The molecule has 4 heteroatoms. The molecule has 0 radical (unpaired) electrons. The third-order valence-corrected chi connectivity index (χ3v) is 2.63. The van der Waals surface area contributed by atoms with Crippen LogP contribution in [0.4, 0.5) is 0 Å². The first kappa shape index (κ1) is 12.1. The average Bonchev–Trinajstić information content (AvgIpc) is 2.41. The second-order valence-corrected chi connectivity index (χ2v) is 4.06. The smallest absolute Gasteiger partial charge is 0.254 e. The zero-order chi connectivity index (χ0) is 13.0. The van der Waals surface area contributed by atoms with Crippen LogP contribution in [0.3, 0.4) is 0 Å². The normalized spacial score (nSPS) is 10.1. The summed E-state index contributed by atoms with van der Waals surface area (Å²) in [4.78, 5) is 17.6. The lowest BCUT2D eigenvalue weighted by Gasteiger charge is -2.17. The number of hydrogen-bond donors (Lipinski definition) is 1. The molecule has 1 aromatic heterocycles. The number of benzene rings is 1. The third kappa shape index (κ3) is 2.85.